The minimum Gasteiger partial charge on any atom is -0.480 e. The second-order valence-corrected chi connectivity index (χ2v) is 3.96. The molecule has 2 heterocycles. The first-order chi connectivity index (χ1) is 7.79. The molecule has 5 heteroatoms. The van der Waals surface area contributed by atoms with Gasteiger partial charge in [-0.1, -0.05) is 12.8 Å². The fourth-order valence-electron chi connectivity index (χ4n) is 2.09. The van der Waals surface area contributed by atoms with E-state index >= 15 is 0 Å². The standard InChI is InChI=1S/C11H15N3O2/c15-11(16)9-4-2-1-3-7-14(9)10-5-6-12-8-13-10/h5-6,8-9H,1-4,7H2,(H,15,16). The number of carboxylic acid groups (broad SMARTS) is 1. The van der Waals surface area contributed by atoms with E-state index in [4.69, 9.17) is 0 Å². The van der Waals surface area contributed by atoms with Gasteiger partial charge in [-0.05, 0) is 18.9 Å². The molecule has 1 aliphatic rings. The van der Waals surface area contributed by atoms with Crippen LogP contribution in [0.25, 0.3) is 0 Å². The van der Waals surface area contributed by atoms with E-state index in [9.17, 15) is 9.90 Å². The van der Waals surface area contributed by atoms with E-state index < -0.39 is 12.0 Å². The summed E-state index contributed by atoms with van der Waals surface area (Å²) < 4.78 is 0. The van der Waals surface area contributed by atoms with Gasteiger partial charge in [-0.25, -0.2) is 14.8 Å². The van der Waals surface area contributed by atoms with E-state index in [2.05, 4.69) is 9.97 Å². The minimum absolute atomic E-state index is 0.447. The summed E-state index contributed by atoms with van der Waals surface area (Å²) in [6.45, 7) is 0.758. The van der Waals surface area contributed by atoms with Crippen molar-refractivity contribution in [2.24, 2.45) is 0 Å². The molecule has 1 aromatic heterocycles. The number of carbonyl (C=O) groups is 1. The summed E-state index contributed by atoms with van der Waals surface area (Å²) in [5.41, 5.74) is 0. The molecule has 1 aromatic rings. The van der Waals surface area contributed by atoms with Crippen molar-refractivity contribution in [3.8, 4) is 0 Å². The first kappa shape index (κ1) is 10.9. The van der Waals surface area contributed by atoms with Crippen LogP contribution < -0.4 is 4.90 Å². The third-order valence-electron chi connectivity index (χ3n) is 2.90. The predicted molar refractivity (Wildman–Crippen MR) is 59.3 cm³/mol. The van der Waals surface area contributed by atoms with Crippen molar-refractivity contribution in [2.45, 2.75) is 31.7 Å². The maximum atomic E-state index is 11.2. The van der Waals surface area contributed by atoms with E-state index in [0.717, 1.165) is 25.8 Å². The van der Waals surface area contributed by atoms with Crippen LogP contribution in [-0.2, 0) is 4.79 Å². The van der Waals surface area contributed by atoms with Crippen molar-refractivity contribution in [1.29, 1.82) is 0 Å². The van der Waals surface area contributed by atoms with Gasteiger partial charge in [0.25, 0.3) is 0 Å². The summed E-state index contributed by atoms with van der Waals surface area (Å²) in [7, 11) is 0. The molecule has 0 radical (unpaired) electrons. The molecule has 1 N–H and O–H groups in total. The van der Waals surface area contributed by atoms with Crippen molar-refractivity contribution in [1.82, 2.24) is 9.97 Å². The monoisotopic (exact) mass is 221 g/mol. The summed E-state index contributed by atoms with van der Waals surface area (Å²) in [6.07, 6.45) is 6.88. The van der Waals surface area contributed by atoms with E-state index in [1.165, 1.54) is 6.33 Å². The van der Waals surface area contributed by atoms with Gasteiger partial charge >= 0.3 is 5.97 Å². The van der Waals surface area contributed by atoms with Crippen LogP contribution in [0.4, 0.5) is 5.82 Å². The van der Waals surface area contributed by atoms with Gasteiger partial charge in [0, 0.05) is 12.7 Å². The van der Waals surface area contributed by atoms with E-state index in [0.29, 0.717) is 12.2 Å². The third kappa shape index (κ3) is 2.29. The molecule has 0 spiro atoms. The van der Waals surface area contributed by atoms with E-state index in [1.54, 1.807) is 12.3 Å². The van der Waals surface area contributed by atoms with Crippen LogP contribution in [0.5, 0.6) is 0 Å². The van der Waals surface area contributed by atoms with Gasteiger partial charge in [0.05, 0.1) is 0 Å². The Bertz CT molecular complexity index is 356. The first-order valence-electron chi connectivity index (χ1n) is 5.54. The van der Waals surface area contributed by atoms with Gasteiger partial charge in [-0.3, -0.25) is 0 Å². The maximum Gasteiger partial charge on any atom is 0.326 e. The van der Waals surface area contributed by atoms with Crippen LogP contribution in [-0.4, -0.2) is 33.6 Å². The molecule has 5 nitrogen and oxygen atoms in total. The largest absolute Gasteiger partial charge is 0.480 e. The number of nitrogens with zero attached hydrogens (tertiary/aromatic N) is 3. The molecule has 1 fully saturated rings. The number of anilines is 1. The van der Waals surface area contributed by atoms with Crippen molar-refractivity contribution in [2.75, 3.05) is 11.4 Å². The van der Waals surface area contributed by atoms with Crippen LogP contribution in [0.3, 0.4) is 0 Å². The zero-order chi connectivity index (χ0) is 11.4. The van der Waals surface area contributed by atoms with Crippen molar-refractivity contribution >= 4 is 11.8 Å². The Morgan fingerprint density at radius 2 is 2.31 bits per heavy atom. The number of rotatable bonds is 2. The van der Waals surface area contributed by atoms with Crippen molar-refractivity contribution < 1.29 is 9.90 Å². The summed E-state index contributed by atoms with van der Waals surface area (Å²) in [5, 5.41) is 9.21. The summed E-state index contributed by atoms with van der Waals surface area (Å²) in [6, 6.07) is 1.32. The van der Waals surface area contributed by atoms with Crippen LogP contribution in [0.1, 0.15) is 25.7 Å². The maximum absolute atomic E-state index is 11.2. The minimum atomic E-state index is -0.763. The first-order valence-corrected chi connectivity index (χ1v) is 5.54. The Morgan fingerprint density at radius 3 is 3.00 bits per heavy atom. The molecule has 2 rings (SSSR count). The molecule has 1 saturated heterocycles. The van der Waals surface area contributed by atoms with Gasteiger partial charge in [0.15, 0.2) is 0 Å². The van der Waals surface area contributed by atoms with Crippen molar-refractivity contribution in [3.05, 3.63) is 18.6 Å². The molecule has 0 aliphatic carbocycles. The number of hydrogen-bond acceptors (Lipinski definition) is 4. The molecule has 1 aliphatic heterocycles. The molecule has 1 unspecified atom stereocenters. The molecule has 0 bridgehead atoms. The molecule has 86 valence electrons. The zero-order valence-electron chi connectivity index (χ0n) is 9.04. The molecular formula is C11H15N3O2. The Kier molecular flexibility index (Phi) is 3.34. The lowest BCUT2D eigenvalue weighted by atomic mass is 10.1. The number of carboxylic acids is 1. The topological polar surface area (TPSA) is 66.3 Å². The van der Waals surface area contributed by atoms with E-state index in [-0.39, 0.29) is 0 Å². The Morgan fingerprint density at radius 1 is 1.44 bits per heavy atom. The van der Waals surface area contributed by atoms with Crippen molar-refractivity contribution in [3.63, 3.8) is 0 Å². The van der Waals surface area contributed by atoms with Crippen LogP contribution in [0.2, 0.25) is 0 Å². The van der Waals surface area contributed by atoms with Gasteiger partial charge in [0.2, 0.25) is 0 Å². The lowest BCUT2D eigenvalue weighted by Crippen LogP contribution is -2.41. The van der Waals surface area contributed by atoms with Gasteiger partial charge in [-0.15, -0.1) is 0 Å². The number of hydrogen-bond donors (Lipinski definition) is 1. The molecule has 0 saturated carbocycles. The molecular weight excluding hydrogens is 206 g/mol. The molecule has 0 aromatic carbocycles. The molecule has 0 amide bonds. The van der Waals surface area contributed by atoms with Crippen LogP contribution in [0, 0.1) is 0 Å². The average molecular weight is 221 g/mol. The smallest absolute Gasteiger partial charge is 0.326 e. The summed E-state index contributed by atoms with van der Waals surface area (Å²) >= 11 is 0. The number of aliphatic carboxylic acids is 1. The van der Waals surface area contributed by atoms with Crippen LogP contribution in [0.15, 0.2) is 18.6 Å². The van der Waals surface area contributed by atoms with Gasteiger partial charge < -0.3 is 10.0 Å². The van der Waals surface area contributed by atoms with E-state index in [1.807, 2.05) is 4.90 Å². The molecule has 1 atom stereocenters. The highest BCUT2D eigenvalue weighted by molar-refractivity contribution is 5.77. The Labute approximate surface area is 94.1 Å². The highest BCUT2D eigenvalue weighted by Gasteiger charge is 2.27. The third-order valence-corrected chi connectivity index (χ3v) is 2.90. The number of aromatic nitrogens is 2. The second-order valence-electron chi connectivity index (χ2n) is 3.96. The van der Waals surface area contributed by atoms with Crippen LogP contribution >= 0.6 is 0 Å². The molecule has 16 heavy (non-hydrogen) atoms. The average Bonchev–Trinajstić information content (AvgIpc) is 2.55. The highest BCUT2D eigenvalue weighted by Crippen LogP contribution is 2.21. The quantitative estimate of drug-likeness (QED) is 0.815. The Hall–Kier alpha value is -1.65. The second kappa shape index (κ2) is 4.92. The summed E-state index contributed by atoms with van der Waals surface area (Å²) in [4.78, 5) is 21.1. The summed E-state index contributed by atoms with van der Waals surface area (Å²) in [5.74, 6) is -0.0511. The van der Waals surface area contributed by atoms with Gasteiger partial charge in [-0.2, -0.15) is 0 Å². The normalized spacial score (nSPS) is 21.5. The predicted octanol–water partition coefficient (Wildman–Crippen LogP) is 1.31. The lowest BCUT2D eigenvalue weighted by Gasteiger charge is -2.27. The van der Waals surface area contributed by atoms with Gasteiger partial charge in [0.1, 0.15) is 18.2 Å². The SMILES string of the molecule is O=C(O)C1CCCCCN1c1ccncn1. The fourth-order valence-corrected chi connectivity index (χ4v) is 2.09. The zero-order valence-corrected chi connectivity index (χ0v) is 9.04. The lowest BCUT2D eigenvalue weighted by molar-refractivity contribution is -0.138. The Balaban J connectivity index is 2.24. The highest BCUT2D eigenvalue weighted by atomic mass is 16.4. The fraction of sp³-hybridized carbons (Fsp3) is 0.545.